The zero-order chi connectivity index (χ0) is 12.6. The van der Waals surface area contributed by atoms with E-state index in [0.717, 1.165) is 45.1 Å². The monoisotopic (exact) mass is 251 g/mol. The molecule has 0 radical (unpaired) electrons. The van der Waals surface area contributed by atoms with Gasteiger partial charge in [-0.2, -0.15) is 0 Å². The predicted molar refractivity (Wildman–Crippen MR) is 72.3 cm³/mol. The molecule has 102 valence electrons. The molecule has 1 aliphatic heterocycles. The molecule has 0 fully saturated rings. The van der Waals surface area contributed by atoms with Gasteiger partial charge in [0, 0.05) is 26.2 Å². The van der Waals surface area contributed by atoms with Gasteiger partial charge in [0.25, 0.3) is 0 Å². The Balaban J connectivity index is 1.53. The first-order valence-electron chi connectivity index (χ1n) is 7.20. The topological polar surface area (TPSA) is 46.0 Å². The van der Waals surface area contributed by atoms with Crippen LogP contribution in [0.5, 0.6) is 0 Å². The molecule has 0 saturated heterocycles. The molecule has 0 saturated carbocycles. The second kappa shape index (κ2) is 7.48. The summed E-state index contributed by atoms with van der Waals surface area (Å²) in [5, 5.41) is 11.6. The fourth-order valence-corrected chi connectivity index (χ4v) is 2.35. The fraction of sp³-hybridized carbons (Fsp3) is 0.846. The third-order valence-corrected chi connectivity index (χ3v) is 3.53. The van der Waals surface area contributed by atoms with E-state index in [2.05, 4.69) is 31.9 Å². The van der Waals surface area contributed by atoms with Crippen molar-refractivity contribution in [2.24, 2.45) is 0 Å². The maximum Gasteiger partial charge on any atom is 0.147 e. The molecule has 0 unspecified atom stereocenters. The summed E-state index contributed by atoms with van der Waals surface area (Å²) in [6.07, 6.45) is 7.18. The first-order chi connectivity index (χ1) is 8.90. The lowest BCUT2D eigenvalue weighted by Crippen LogP contribution is -2.38. The van der Waals surface area contributed by atoms with E-state index in [9.17, 15) is 0 Å². The van der Waals surface area contributed by atoms with Crippen LogP contribution in [-0.2, 0) is 13.1 Å². The highest BCUT2D eigenvalue weighted by Crippen LogP contribution is 2.07. The number of fused-ring (bicyclic) bond motifs is 1. The second-order valence-corrected chi connectivity index (χ2v) is 5.03. The molecule has 2 heterocycles. The summed E-state index contributed by atoms with van der Waals surface area (Å²) in [6, 6.07) is 0. The van der Waals surface area contributed by atoms with Crippen molar-refractivity contribution in [3.8, 4) is 0 Å². The molecule has 0 amide bonds. The van der Waals surface area contributed by atoms with Crippen molar-refractivity contribution in [3.63, 3.8) is 0 Å². The van der Waals surface area contributed by atoms with Gasteiger partial charge in [0.15, 0.2) is 0 Å². The van der Waals surface area contributed by atoms with Crippen LogP contribution in [0.2, 0.25) is 0 Å². The Bertz CT molecular complexity index is 336. The van der Waals surface area contributed by atoms with E-state index in [-0.39, 0.29) is 0 Å². The van der Waals surface area contributed by atoms with Crippen LogP contribution in [-0.4, -0.2) is 45.8 Å². The Hall–Kier alpha value is -0.940. The molecule has 0 aliphatic carbocycles. The number of rotatable bonds is 8. The maximum absolute atomic E-state index is 4.14. The van der Waals surface area contributed by atoms with Crippen LogP contribution in [0.15, 0.2) is 6.33 Å². The van der Waals surface area contributed by atoms with E-state index in [0.29, 0.717) is 0 Å². The first kappa shape index (κ1) is 13.5. The number of hydrogen-bond acceptors (Lipinski definition) is 4. The van der Waals surface area contributed by atoms with Crippen LogP contribution in [0.3, 0.4) is 0 Å². The Labute approximate surface area is 110 Å². The van der Waals surface area contributed by atoms with Gasteiger partial charge in [-0.25, -0.2) is 0 Å². The molecule has 18 heavy (non-hydrogen) atoms. The van der Waals surface area contributed by atoms with E-state index in [1.54, 1.807) is 0 Å². The van der Waals surface area contributed by atoms with Gasteiger partial charge in [0.2, 0.25) is 0 Å². The minimum absolute atomic E-state index is 0.942. The largest absolute Gasteiger partial charge is 0.315 e. The zero-order valence-electron chi connectivity index (χ0n) is 11.4. The van der Waals surface area contributed by atoms with Gasteiger partial charge in [0.05, 0.1) is 6.54 Å². The van der Waals surface area contributed by atoms with Crippen molar-refractivity contribution in [1.29, 1.82) is 0 Å². The molecule has 1 N–H and O–H groups in total. The summed E-state index contributed by atoms with van der Waals surface area (Å²) in [7, 11) is 0. The summed E-state index contributed by atoms with van der Waals surface area (Å²) in [5.41, 5.74) is 0. The van der Waals surface area contributed by atoms with Crippen LogP contribution >= 0.6 is 0 Å². The van der Waals surface area contributed by atoms with Crippen LogP contribution in [0.25, 0.3) is 0 Å². The number of unbranched alkanes of at least 4 members (excludes halogenated alkanes) is 3. The van der Waals surface area contributed by atoms with Crippen molar-refractivity contribution >= 4 is 0 Å². The van der Waals surface area contributed by atoms with E-state index < -0.39 is 0 Å². The van der Waals surface area contributed by atoms with E-state index in [1.807, 2.05) is 6.33 Å². The number of nitrogens with one attached hydrogen (secondary N) is 1. The third-order valence-electron chi connectivity index (χ3n) is 3.53. The Morgan fingerprint density at radius 1 is 1.22 bits per heavy atom. The van der Waals surface area contributed by atoms with Crippen molar-refractivity contribution < 1.29 is 0 Å². The third kappa shape index (κ3) is 4.07. The Morgan fingerprint density at radius 2 is 2.17 bits per heavy atom. The highest BCUT2D eigenvalue weighted by molar-refractivity contribution is 4.89. The van der Waals surface area contributed by atoms with Crippen LogP contribution in [0.1, 0.15) is 38.4 Å². The lowest BCUT2D eigenvalue weighted by Gasteiger charge is -2.26. The van der Waals surface area contributed by atoms with Gasteiger partial charge in [-0.3, -0.25) is 4.90 Å². The van der Waals surface area contributed by atoms with Gasteiger partial charge in [0.1, 0.15) is 12.2 Å². The molecule has 0 bridgehead atoms. The van der Waals surface area contributed by atoms with Gasteiger partial charge in [-0.15, -0.1) is 10.2 Å². The minimum Gasteiger partial charge on any atom is -0.315 e. The smallest absolute Gasteiger partial charge is 0.147 e. The van der Waals surface area contributed by atoms with Gasteiger partial charge in [-0.1, -0.05) is 26.2 Å². The van der Waals surface area contributed by atoms with E-state index in [4.69, 9.17) is 0 Å². The second-order valence-electron chi connectivity index (χ2n) is 5.03. The molecular weight excluding hydrogens is 226 g/mol. The average Bonchev–Trinajstić information content (AvgIpc) is 2.85. The van der Waals surface area contributed by atoms with Crippen molar-refractivity contribution in [1.82, 2.24) is 25.0 Å². The van der Waals surface area contributed by atoms with Gasteiger partial charge in [-0.05, 0) is 13.0 Å². The van der Waals surface area contributed by atoms with Crippen molar-refractivity contribution in [2.75, 3.05) is 26.2 Å². The van der Waals surface area contributed by atoms with Crippen molar-refractivity contribution in [3.05, 3.63) is 12.2 Å². The molecular formula is C13H25N5. The van der Waals surface area contributed by atoms with Gasteiger partial charge >= 0.3 is 0 Å². The fourth-order valence-electron chi connectivity index (χ4n) is 2.35. The summed E-state index contributed by atoms with van der Waals surface area (Å²) < 4.78 is 2.15. The normalized spacial score (nSPS) is 15.8. The molecule has 1 aromatic heterocycles. The zero-order valence-corrected chi connectivity index (χ0v) is 11.4. The van der Waals surface area contributed by atoms with Crippen LogP contribution < -0.4 is 5.32 Å². The Morgan fingerprint density at radius 3 is 3.06 bits per heavy atom. The number of hydrogen-bond donors (Lipinski definition) is 1. The molecule has 2 rings (SSSR count). The van der Waals surface area contributed by atoms with E-state index in [1.165, 1.54) is 25.7 Å². The molecule has 0 spiro atoms. The Kier molecular flexibility index (Phi) is 5.61. The maximum atomic E-state index is 4.14. The molecule has 1 aromatic rings. The lowest BCUT2D eigenvalue weighted by molar-refractivity contribution is 0.217. The highest BCUT2D eigenvalue weighted by Gasteiger charge is 2.16. The molecule has 5 heteroatoms. The highest BCUT2D eigenvalue weighted by atomic mass is 15.3. The standard InChI is InChI=1S/C13H25N5/c1-2-3-4-5-6-14-7-8-17-9-10-18-12-15-16-13(18)11-17/h12,14H,2-11H2,1H3. The number of aromatic nitrogens is 3. The first-order valence-corrected chi connectivity index (χ1v) is 7.20. The van der Waals surface area contributed by atoms with Crippen LogP contribution in [0.4, 0.5) is 0 Å². The van der Waals surface area contributed by atoms with Crippen LogP contribution in [0, 0.1) is 0 Å². The summed E-state index contributed by atoms with van der Waals surface area (Å²) in [6.45, 7) is 8.69. The summed E-state index contributed by atoms with van der Waals surface area (Å²) >= 11 is 0. The SMILES string of the molecule is CCCCCCNCCN1CCn2cnnc2C1. The lowest BCUT2D eigenvalue weighted by atomic mass is 10.2. The van der Waals surface area contributed by atoms with E-state index >= 15 is 0 Å². The quantitative estimate of drug-likeness (QED) is 0.707. The van der Waals surface area contributed by atoms with Gasteiger partial charge < -0.3 is 9.88 Å². The molecule has 0 atom stereocenters. The van der Waals surface area contributed by atoms with Crippen molar-refractivity contribution in [2.45, 2.75) is 45.7 Å². The predicted octanol–water partition coefficient (Wildman–Crippen LogP) is 1.26. The summed E-state index contributed by atoms with van der Waals surface area (Å²) in [5.74, 6) is 1.10. The molecule has 5 nitrogen and oxygen atoms in total. The summed E-state index contributed by atoms with van der Waals surface area (Å²) in [4.78, 5) is 2.45. The average molecular weight is 251 g/mol. The number of nitrogens with zero attached hydrogens (tertiary/aromatic N) is 4. The minimum atomic E-state index is 0.942. The molecule has 1 aliphatic rings. The molecule has 0 aromatic carbocycles.